The van der Waals surface area contributed by atoms with Gasteiger partial charge >= 0.3 is 0 Å². The Kier molecular flexibility index (Phi) is 7.35. The summed E-state index contributed by atoms with van der Waals surface area (Å²) in [5.74, 6) is 0.633. The second kappa shape index (κ2) is 9.95. The number of para-hydroxylation sites is 1. The highest BCUT2D eigenvalue weighted by Gasteiger charge is 2.19. The van der Waals surface area contributed by atoms with Gasteiger partial charge in [-0.2, -0.15) is 0 Å². The van der Waals surface area contributed by atoms with Crippen LogP contribution in [0, 0.1) is 0 Å². The van der Waals surface area contributed by atoms with Crippen LogP contribution >= 0.6 is 23.2 Å². The van der Waals surface area contributed by atoms with E-state index in [0.29, 0.717) is 28.9 Å². The van der Waals surface area contributed by atoms with Crippen LogP contribution in [0.3, 0.4) is 0 Å². The Morgan fingerprint density at radius 1 is 1.00 bits per heavy atom. The lowest BCUT2D eigenvalue weighted by Gasteiger charge is -2.34. The molecule has 3 rings (SSSR count). The number of piperazine rings is 1. The van der Waals surface area contributed by atoms with Crippen molar-refractivity contribution in [2.75, 3.05) is 51.2 Å². The Bertz CT molecular complexity index is 750. The summed E-state index contributed by atoms with van der Waals surface area (Å²) in [6.45, 7) is 5.32. The fourth-order valence-corrected chi connectivity index (χ4v) is 3.30. The molecular weight excluding hydrogens is 385 g/mol. The van der Waals surface area contributed by atoms with E-state index < -0.39 is 0 Å². The smallest absolute Gasteiger partial charge is 0.238 e. The van der Waals surface area contributed by atoms with Gasteiger partial charge in [0.1, 0.15) is 12.4 Å². The van der Waals surface area contributed by atoms with Gasteiger partial charge in [0.05, 0.1) is 11.6 Å². The third kappa shape index (κ3) is 6.40. The Labute approximate surface area is 169 Å². The van der Waals surface area contributed by atoms with Crippen molar-refractivity contribution in [2.45, 2.75) is 0 Å². The molecule has 0 saturated carbocycles. The van der Waals surface area contributed by atoms with E-state index in [9.17, 15) is 4.79 Å². The van der Waals surface area contributed by atoms with E-state index >= 15 is 0 Å². The lowest BCUT2D eigenvalue weighted by molar-refractivity contribution is -0.117. The van der Waals surface area contributed by atoms with E-state index in [1.807, 2.05) is 30.3 Å². The number of rotatable bonds is 7. The zero-order valence-electron chi connectivity index (χ0n) is 15.0. The van der Waals surface area contributed by atoms with Crippen LogP contribution in [0.4, 0.5) is 5.69 Å². The number of hydrogen-bond acceptors (Lipinski definition) is 4. The molecule has 1 saturated heterocycles. The zero-order chi connectivity index (χ0) is 19.1. The lowest BCUT2D eigenvalue weighted by atomic mass is 10.3. The fourth-order valence-electron chi connectivity index (χ4n) is 2.97. The van der Waals surface area contributed by atoms with Gasteiger partial charge in [-0.25, -0.2) is 0 Å². The highest BCUT2D eigenvalue weighted by atomic mass is 35.5. The summed E-state index contributed by atoms with van der Waals surface area (Å²) in [6, 6.07) is 14.7. The minimum atomic E-state index is 0.0218. The summed E-state index contributed by atoms with van der Waals surface area (Å²) in [6.07, 6.45) is 0. The van der Waals surface area contributed by atoms with Crippen molar-refractivity contribution in [1.82, 2.24) is 9.80 Å². The SMILES string of the molecule is O=C(CN1CCN(CCOc2cc(Cl)ccc2Cl)CC1)Nc1ccccc1. The van der Waals surface area contributed by atoms with Crippen molar-refractivity contribution in [3.8, 4) is 5.75 Å². The van der Waals surface area contributed by atoms with Crippen LogP contribution in [0.1, 0.15) is 0 Å². The minimum Gasteiger partial charge on any atom is -0.491 e. The maximum atomic E-state index is 12.1. The predicted octanol–water partition coefficient (Wildman–Crippen LogP) is 3.63. The normalized spacial score (nSPS) is 15.5. The first-order chi connectivity index (χ1) is 13.1. The largest absolute Gasteiger partial charge is 0.491 e. The standard InChI is InChI=1S/C20H23Cl2N3O2/c21-16-6-7-18(22)19(14-16)27-13-12-24-8-10-25(11-9-24)15-20(26)23-17-4-2-1-3-5-17/h1-7,14H,8-13,15H2,(H,23,26). The van der Waals surface area contributed by atoms with Crippen LogP contribution in [-0.4, -0.2) is 61.6 Å². The third-order valence-electron chi connectivity index (χ3n) is 4.45. The number of anilines is 1. The molecule has 0 aromatic heterocycles. The number of nitrogens with one attached hydrogen (secondary N) is 1. The van der Waals surface area contributed by atoms with E-state index in [-0.39, 0.29) is 5.91 Å². The van der Waals surface area contributed by atoms with Crippen molar-refractivity contribution in [2.24, 2.45) is 0 Å². The molecule has 0 unspecified atom stereocenters. The summed E-state index contributed by atoms with van der Waals surface area (Å²) in [7, 11) is 0. The minimum absolute atomic E-state index is 0.0218. The average Bonchev–Trinajstić information content (AvgIpc) is 2.67. The molecule has 27 heavy (non-hydrogen) atoms. The highest BCUT2D eigenvalue weighted by molar-refractivity contribution is 6.34. The van der Waals surface area contributed by atoms with Gasteiger partial charge in [-0.15, -0.1) is 0 Å². The Hall–Kier alpha value is -1.79. The van der Waals surface area contributed by atoms with Crippen molar-refractivity contribution < 1.29 is 9.53 Å². The molecule has 1 fully saturated rings. The van der Waals surface area contributed by atoms with Crippen molar-refractivity contribution >= 4 is 34.8 Å². The van der Waals surface area contributed by atoms with Gasteiger partial charge < -0.3 is 10.1 Å². The summed E-state index contributed by atoms with van der Waals surface area (Å²) >= 11 is 12.1. The number of amides is 1. The second-order valence-corrected chi connectivity index (χ2v) is 7.30. The monoisotopic (exact) mass is 407 g/mol. The molecule has 1 heterocycles. The van der Waals surface area contributed by atoms with Crippen molar-refractivity contribution in [1.29, 1.82) is 0 Å². The number of ether oxygens (including phenoxy) is 1. The number of hydrogen-bond donors (Lipinski definition) is 1. The summed E-state index contributed by atoms with van der Waals surface area (Å²) in [5, 5.41) is 4.10. The molecule has 0 radical (unpaired) electrons. The van der Waals surface area contributed by atoms with Crippen LogP contribution in [-0.2, 0) is 4.79 Å². The predicted molar refractivity (Wildman–Crippen MR) is 110 cm³/mol. The molecule has 0 spiro atoms. The Morgan fingerprint density at radius 2 is 1.70 bits per heavy atom. The second-order valence-electron chi connectivity index (χ2n) is 6.46. The number of benzene rings is 2. The molecular formula is C20H23Cl2N3O2. The van der Waals surface area contributed by atoms with E-state index in [1.54, 1.807) is 18.2 Å². The lowest BCUT2D eigenvalue weighted by Crippen LogP contribution is -2.49. The zero-order valence-corrected chi connectivity index (χ0v) is 16.5. The van der Waals surface area contributed by atoms with Crippen LogP contribution in [0.2, 0.25) is 10.0 Å². The molecule has 2 aromatic carbocycles. The Morgan fingerprint density at radius 3 is 2.44 bits per heavy atom. The molecule has 1 N–H and O–H groups in total. The molecule has 1 aliphatic heterocycles. The summed E-state index contributed by atoms with van der Waals surface area (Å²) < 4.78 is 5.74. The van der Waals surface area contributed by atoms with Crippen molar-refractivity contribution in [3.05, 3.63) is 58.6 Å². The van der Waals surface area contributed by atoms with Gasteiger partial charge in [-0.05, 0) is 24.3 Å². The van der Waals surface area contributed by atoms with Crippen molar-refractivity contribution in [3.63, 3.8) is 0 Å². The molecule has 144 valence electrons. The van der Waals surface area contributed by atoms with E-state index in [0.717, 1.165) is 38.4 Å². The first-order valence-corrected chi connectivity index (χ1v) is 9.73. The maximum Gasteiger partial charge on any atom is 0.238 e. The van der Waals surface area contributed by atoms with Gasteiger partial charge in [0.25, 0.3) is 0 Å². The van der Waals surface area contributed by atoms with Gasteiger partial charge in [0, 0.05) is 49.5 Å². The van der Waals surface area contributed by atoms with E-state index in [4.69, 9.17) is 27.9 Å². The topological polar surface area (TPSA) is 44.8 Å². The number of nitrogens with zero attached hydrogens (tertiary/aromatic N) is 2. The molecule has 2 aromatic rings. The fraction of sp³-hybridized carbons (Fsp3) is 0.350. The third-order valence-corrected chi connectivity index (χ3v) is 5.00. The Balaban J connectivity index is 1.35. The number of halogens is 2. The molecule has 0 atom stereocenters. The van der Waals surface area contributed by atoms with Gasteiger partial charge in [0.2, 0.25) is 5.91 Å². The number of carbonyl (C=O) groups is 1. The van der Waals surface area contributed by atoms with Crippen LogP contribution in [0.5, 0.6) is 5.75 Å². The molecule has 5 nitrogen and oxygen atoms in total. The van der Waals surface area contributed by atoms with Gasteiger partial charge in [0.15, 0.2) is 0 Å². The molecule has 0 aliphatic carbocycles. The highest BCUT2D eigenvalue weighted by Crippen LogP contribution is 2.27. The van der Waals surface area contributed by atoms with Crippen LogP contribution in [0.25, 0.3) is 0 Å². The first kappa shape index (κ1) is 20.0. The summed E-state index contributed by atoms with van der Waals surface area (Å²) in [5.41, 5.74) is 0.831. The molecule has 7 heteroatoms. The molecule has 1 aliphatic rings. The maximum absolute atomic E-state index is 12.1. The molecule has 1 amide bonds. The van der Waals surface area contributed by atoms with E-state index in [1.165, 1.54) is 0 Å². The number of carbonyl (C=O) groups excluding carboxylic acids is 1. The van der Waals surface area contributed by atoms with Gasteiger partial charge in [-0.3, -0.25) is 14.6 Å². The molecule has 0 bridgehead atoms. The quantitative estimate of drug-likeness (QED) is 0.760. The average molecular weight is 408 g/mol. The first-order valence-electron chi connectivity index (χ1n) is 8.97. The van der Waals surface area contributed by atoms with E-state index in [2.05, 4.69) is 15.1 Å². The summed E-state index contributed by atoms with van der Waals surface area (Å²) in [4.78, 5) is 16.6. The van der Waals surface area contributed by atoms with Crippen LogP contribution < -0.4 is 10.1 Å². The van der Waals surface area contributed by atoms with Gasteiger partial charge in [-0.1, -0.05) is 41.4 Å². The van der Waals surface area contributed by atoms with Crippen LogP contribution in [0.15, 0.2) is 48.5 Å².